The number of hydrogen-bond acceptors (Lipinski definition) is 2. The van der Waals surface area contributed by atoms with Gasteiger partial charge in [0, 0.05) is 6.54 Å². The highest BCUT2D eigenvalue weighted by atomic mass is 16.4. The standard InChI is InChI=1S/C22H18N2O2/c25-22(26)19-9-5-4-8-18(19)17-10-11-20-21(14-17)24(15-23-20)13-12-16-6-2-1-3-7-16/h1-11,14-15H,12-13H2,(H,25,26). The maximum Gasteiger partial charge on any atom is 0.336 e. The van der Waals surface area contributed by atoms with Crippen molar-refractivity contribution in [1.82, 2.24) is 9.55 Å². The number of nitrogens with zero attached hydrogens (tertiary/aromatic N) is 2. The van der Waals surface area contributed by atoms with Gasteiger partial charge in [0.15, 0.2) is 0 Å². The molecule has 0 saturated carbocycles. The average molecular weight is 342 g/mol. The fraction of sp³-hybridized carbons (Fsp3) is 0.0909. The monoisotopic (exact) mass is 342 g/mol. The van der Waals surface area contributed by atoms with Crippen LogP contribution in [0.1, 0.15) is 15.9 Å². The van der Waals surface area contributed by atoms with E-state index in [1.54, 1.807) is 12.1 Å². The highest BCUT2D eigenvalue weighted by Gasteiger charge is 2.12. The van der Waals surface area contributed by atoms with Gasteiger partial charge in [-0.2, -0.15) is 0 Å². The first-order valence-electron chi connectivity index (χ1n) is 8.54. The minimum atomic E-state index is -0.918. The van der Waals surface area contributed by atoms with E-state index in [1.165, 1.54) is 5.56 Å². The van der Waals surface area contributed by atoms with Crippen molar-refractivity contribution in [3.63, 3.8) is 0 Å². The number of carbonyl (C=O) groups is 1. The Hall–Kier alpha value is -3.40. The minimum absolute atomic E-state index is 0.308. The normalized spacial score (nSPS) is 10.9. The summed E-state index contributed by atoms with van der Waals surface area (Å²) in [5, 5.41) is 9.45. The number of benzene rings is 3. The van der Waals surface area contributed by atoms with E-state index >= 15 is 0 Å². The summed E-state index contributed by atoms with van der Waals surface area (Å²) in [5.41, 5.74) is 5.12. The van der Waals surface area contributed by atoms with Gasteiger partial charge in [-0.1, -0.05) is 54.6 Å². The summed E-state index contributed by atoms with van der Waals surface area (Å²) in [6.45, 7) is 0.824. The number of carboxylic acids is 1. The molecule has 0 spiro atoms. The molecule has 0 aliphatic rings. The lowest BCUT2D eigenvalue weighted by Crippen LogP contribution is -2.01. The van der Waals surface area contributed by atoms with E-state index in [4.69, 9.17) is 0 Å². The first-order valence-corrected chi connectivity index (χ1v) is 8.54. The molecule has 0 fully saturated rings. The lowest BCUT2D eigenvalue weighted by molar-refractivity contribution is 0.0697. The van der Waals surface area contributed by atoms with E-state index in [-0.39, 0.29) is 0 Å². The molecule has 1 heterocycles. The summed E-state index contributed by atoms with van der Waals surface area (Å²) in [4.78, 5) is 16.0. The molecule has 0 saturated heterocycles. The van der Waals surface area contributed by atoms with Crippen molar-refractivity contribution in [2.24, 2.45) is 0 Å². The van der Waals surface area contributed by atoms with Gasteiger partial charge in [0.2, 0.25) is 0 Å². The molecule has 3 aromatic carbocycles. The van der Waals surface area contributed by atoms with Crippen molar-refractivity contribution in [1.29, 1.82) is 0 Å². The maximum atomic E-state index is 11.5. The summed E-state index contributed by atoms with van der Waals surface area (Å²) in [7, 11) is 0. The van der Waals surface area contributed by atoms with Crippen molar-refractivity contribution in [2.45, 2.75) is 13.0 Å². The molecular formula is C22H18N2O2. The van der Waals surface area contributed by atoms with Gasteiger partial charge >= 0.3 is 5.97 Å². The Morgan fingerprint density at radius 3 is 2.54 bits per heavy atom. The van der Waals surface area contributed by atoms with Crippen molar-refractivity contribution < 1.29 is 9.90 Å². The molecule has 0 radical (unpaired) electrons. The molecule has 0 unspecified atom stereocenters. The topological polar surface area (TPSA) is 55.1 Å². The van der Waals surface area contributed by atoms with Gasteiger partial charge in [0.05, 0.1) is 22.9 Å². The lowest BCUT2D eigenvalue weighted by Gasteiger charge is -2.08. The van der Waals surface area contributed by atoms with E-state index in [1.807, 2.05) is 54.9 Å². The number of aromatic carboxylic acids is 1. The van der Waals surface area contributed by atoms with Gasteiger partial charge in [0.25, 0.3) is 0 Å². The Balaban J connectivity index is 1.70. The van der Waals surface area contributed by atoms with E-state index in [9.17, 15) is 9.90 Å². The third-order valence-electron chi connectivity index (χ3n) is 4.57. The SMILES string of the molecule is O=C(O)c1ccccc1-c1ccc2ncn(CCc3ccccc3)c2c1. The molecule has 0 bridgehead atoms. The van der Waals surface area contributed by atoms with E-state index in [0.717, 1.165) is 35.1 Å². The summed E-state index contributed by atoms with van der Waals surface area (Å²) >= 11 is 0. The van der Waals surface area contributed by atoms with Gasteiger partial charge in [-0.25, -0.2) is 9.78 Å². The van der Waals surface area contributed by atoms with Crippen molar-refractivity contribution in [2.75, 3.05) is 0 Å². The molecule has 1 aromatic heterocycles. The summed E-state index contributed by atoms with van der Waals surface area (Å²) in [6.07, 6.45) is 2.77. The van der Waals surface area contributed by atoms with Gasteiger partial charge in [0.1, 0.15) is 0 Å². The number of fused-ring (bicyclic) bond motifs is 1. The van der Waals surface area contributed by atoms with Crippen LogP contribution < -0.4 is 0 Å². The molecule has 4 rings (SSSR count). The maximum absolute atomic E-state index is 11.5. The molecule has 0 atom stereocenters. The molecule has 1 N–H and O–H groups in total. The minimum Gasteiger partial charge on any atom is -0.478 e. The Labute approximate surface area is 151 Å². The van der Waals surface area contributed by atoms with Crippen LogP contribution >= 0.6 is 0 Å². The summed E-state index contributed by atoms with van der Waals surface area (Å²) in [5.74, 6) is -0.918. The number of hydrogen-bond donors (Lipinski definition) is 1. The van der Waals surface area contributed by atoms with Crippen LogP contribution in [-0.4, -0.2) is 20.6 Å². The number of aromatic nitrogens is 2. The van der Waals surface area contributed by atoms with Crippen LogP contribution in [0.4, 0.5) is 0 Å². The lowest BCUT2D eigenvalue weighted by atomic mass is 9.99. The van der Waals surface area contributed by atoms with Crippen LogP contribution in [0.15, 0.2) is 79.1 Å². The van der Waals surface area contributed by atoms with E-state index < -0.39 is 5.97 Å². The van der Waals surface area contributed by atoms with Gasteiger partial charge in [-0.05, 0) is 41.3 Å². The van der Waals surface area contributed by atoms with E-state index in [2.05, 4.69) is 21.7 Å². The second kappa shape index (κ2) is 6.84. The number of rotatable bonds is 5. The van der Waals surface area contributed by atoms with Crippen LogP contribution in [0.5, 0.6) is 0 Å². The average Bonchev–Trinajstić information content (AvgIpc) is 3.09. The van der Waals surface area contributed by atoms with Gasteiger partial charge < -0.3 is 9.67 Å². The zero-order valence-electron chi connectivity index (χ0n) is 14.2. The molecule has 4 aromatic rings. The second-order valence-corrected chi connectivity index (χ2v) is 6.23. The highest BCUT2D eigenvalue weighted by molar-refractivity contribution is 5.97. The van der Waals surface area contributed by atoms with E-state index in [0.29, 0.717) is 5.56 Å². The largest absolute Gasteiger partial charge is 0.478 e. The van der Waals surface area contributed by atoms with Crippen molar-refractivity contribution in [3.05, 3.63) is 90.3 Å². The fourth-order valence-electron chi connectivity index (χ4n) is 3.22. The Kier molecular flexibility index (Phi) is 4.23. The van der Waals surface area contributed by atoms with Crippen LogP contribution in [0.25, 0.3) is 22.2 Å². The molecule has 4 nitrogen and oxygen atoms in total. The fourth-order valence-corrected chi connectivity index (χ4v) is 3.22. The number of imidazole rings is 1. The quantitative estimate of drug-likeness (QED) is 0.575. The summed E-state index contributed by atoms with van der Waals surface area (Å²) in [6, 6.07) is 23.3. The molecule has 0 aliphatic carbocycles. The third kappa shape index (κ3) is 3.09. The zero-order chi connectivity index (χ0) is 17.9. The Morgan fingerprint density at radius 2 is 1.73 bits per heavy atom. The third-order valence-corrected chi connectivity index (χ3v) is 4.57. The number of aryl methyl sites for hydroxylation is 2. The summed E-state index contributed by atoms with van der Waals surface area (Å²) < 4.78 is 2.12. The first-order chi connectivity index (χ1) is 12.7. The van der Waals surface area contributed by atoms with Crippen LogP contribution in [0, 0.1) is 0 Å². The molecule has 4 heteroatoms. The van der Waals surface area contributed by atoms with Crippen LogP contribution in [0.2, 0.25) is 0 Å². The predicted octanol–water partition coefficient (Wildman–Crippen LogP) is 4.64. The van der Waals surface area contributed by atoms with Crippen LogP contribution in [-0.2, 0) is 13.0 Å². The van der Waals surface area contributed by atoms with Crippen LogP contribution in [0.3, 0.4) is 0 Å². The van der Waals surface area contributed by atoms with Crippen molar-refractivity contribution >= 4 is 17.0 Å². The highest BCUT2D eigenvalue weighted by Crippen LogP contribution is 2.27. The molecular weight excluding hydrogens is 324 g/mol. The first kappa shape index (κ1) is 16.1. The zero-order valence-corrected chi connectivity index (χ0v) is 14.2. The predicted molar refractivity (Wildman–Crippen MR) is 102 cm³/mol. The molecule has 0 aliphatic heterocycles. The second-order valence-electron chi connectivity index (χ2n) is 6.23. The molecule has 26 heavy (non-hydrogen) atoms. The molecule has 128 valence electrons. The van der Waals surface area contributed by atoms with Gasteiger partial charge in [-0.15, -0.1) is 0 Å². The van der Waals surface area contributed by atoms with Gasteiger partial charge in [-0.3, -0.25) is 0 Å². The number of carboxylic acid groups (broad SMARTS) is 1. The van der Waals surface area contributed by atoms with Crippen molar-refractivity contribution in [3.8, 4) is 11.1 Å². The molecule has 0 amide bonds. The Morgan fingerprint density at radius 1 is 0.962 bits per heavy atom. The smallest absolute Gasteiger partial charge is 0.336 e. The Bertz CT molecular complexity index is 1070.